The Morgan fingerprint density at radius 1 is 1.44 bits per heavy atom. The molecule has 4 heteroatoms. The number of phenolic OH excluding ortho intramolecular Hbond substituents is 1. The zero-order valence-corrected chi connectivity index (χ0v) is 11.0. The van der Waals surface area contributed by atoms with E-state index < -0.39 is 17.7 Å². The van der Waals surface area contributed by atoms with E-state index in [-0.39, 0.29) is 12.2 Å². The van der Waals surface area contributed by atoms with Crippen molar-refractivity contribution in [2.75, 3.05) is 0 Å². The second kappa shape index (κ2) is 5.87. The van der Waals surface area contributed by atoms with E-state index in [0.717, 1.165) is 12.0 Å². The van der Waals surface area contributed by atoms with E-state index in [1.54, 1.807) is 24.3 Å². The fraction of sp³-hybridized carbons (Fsp3) is 0.500. The second-order valence-corrected chi connectivity index (χ2v) is 4.93. The molecule has 2 N–H and O–H groups in total. The molecular weight excluding hydrogens is 232 g/mol. The van der Waals surface area contributed by atoms with Gasteiger partial charge >= 0.3 is 5.97 Å². The lowest BCUT2D eigenvalue weighted by Gasteiger charge is -2.27. The molecule has 0 aromatic heterocycles. The Morgan fingerprint density at radius 3 is 2.61 bits per heavy atom. The summed E-state index contributed by atoms with van der Waals surface area (Å²) in [6.07, 6.45) is 0.0750. The highest BCUT2D eigenvalue weighted by Gasteiger charge is 2.27. The Balaban J connectivity index is 2.78. The van der Waals surface area contributed by atoms with Gasteiger partial charge in [0.2, 0.25) is 0 Å². The van der Waals surface area contributed by atoms with Gasteiger partial charge in [0.15, 0.2) is 6.10 Å². The first-order valence-corrected chi connectivity index (χ1v) is 6.02. The van der Waals surface area contributed by atoms with Crippen LogP contribution in [0.25, 0.3) is 0 Å². The van der Waals surface area contributed by atoms with E-state index in [4.69, 9.17) is 4.74 Å². The van der Waals surface area contributed by atoms with Crippen LogP contribution in [0.15, 0.2) is 24.3 Å². The Morgan fingerprint density at radius 2 is 2.11 bits per heavy atom. The summed E-state index contributed by atoms with van der Waals surface area (Å²) in [4.78, 5) is 11.2. The lowest BCUT2D eigenvalue weighted by atomic mass is 10.0. The van der Waals surface area contributed by atoms with Crippen molar-refractivity contribution in [3.8, 4) is 5.75 Å². The molecule has 0 spiro atoms. The lowest BCUT2D eigenvalue weighted by molar-refractivity contribution is -0.161. The zero-order valence-electron chi connectivity index (χ0n) is 11.0. The predicted octanol–water partition coefficient (Wildman–Crippen LogP) is 2.59. The van der Waals surface area contributed by atoms with Gasteiger partial charge in [-0.2, -0.15) is 0 Å². The van der Waals surface area contributed by atoms with E-state index in [9.17, 15) is 15.0 Å². The van der Waals surface area contributed by atoms with Crippen molar-refractivity contribution in [2.24, 2.45) is 0 Å². The number of aromatic hydroxyl groups is 1. The fourth-order valence-corrected chi connectivity index (χ4v) is 1.55. The van der Waals surface area contributed by atoms with E-state index in [1.807, 2.05) is 20.8 Å². The van der Waals surface area contributed by atoms with Crippen molar-refractivity contribution < 1.29 is 19.7 Å². The molecule has 0 radical (unpaired) electrons. The van der Waals surface area contributed by atoms with Gasteiger partial charge < -0.3 is 14.9 Å². The van der Waals surface area contributed by atoms with Gasteiger partial charge in [-0.1, -0.05) is 19.1 Å². The average Bonchev–Trinajstić information content (AvgIpc) is 2.28. The predicted molar refractivity (Wildman–Crippen MR) is 68.7 cm³/mol. The molecule has 1 atom stereocenters. The summed E-state index contributed by atoms with van der Waals surface area (Å²) in [6.45, 7) is 5.68. The molecule has 0 fully saturated rings. The molecule has 0 aliphatic carbocycles. The van der Waals surface area contributed by atoms with Crippen molar-refractivity contribution in [1.82, 2.24) is 0 Å². The zero-order chi connectivity index (χ0) is 13.8. The van der Waals surface area contributed by atoms with Gasteiger partial charge in [-0.15, -0.1) is 0 Å². The first-order valence-electron chi connectivity index (χ1n) is 6.02. The number of aliphatic carboxylic acids is 1. The third-order valence-corrected chi connectivity index (χ3v) is 2.92. The fourth-order valence-electron chi connectivity index (χ4n) is 1.55. The minimum absolute atomic E-state index is 0.131. The van der Waals surface area contributed by atoms with E-state index in [1.165, 1.54) is 0 Å². The van der Waals surface area contributed by atoms with Gasteiger partial charge in [-0.05, 0) is 38.0 Å². The normalized spacial score (nSPS) is 13.3. The maximum atomic E-state index is 11.2. The van der Waals surface area contributed by atoms with Crippen LogP contribution in [0.3, 0.4) is 0 Å². The number of ether oxygens (including phenoxy) is 1. The van der Waals surface area contributed by atoms with Crippen LogP contribution in [0.1, 0.15) is 32.8 Å². The molecule has 18 heavy (non-hydrogen) atoms. The van der Waals surface area contributed by atoms with Crippen LogP contribution in [0.4, 0.5) is 0 Å². The van der Waals surface area contributed by atoms with Gasteiger partial charge in [0.25, 0.3) is 0 Å². The summed E-state index contributed by atoms with van der Waals surface area (Å²) in [7, 11) is 0. The molecule has 100 valence electrons. The Labute approximate surface area is 107 Å². The van der Waals surface area contributed by atoms with E-state index in [2.05, 4.69) is 0 Å². The van der Waals surface area contributed by atoms with E-state index >= 15 is 0 Å². The quantitative estimate of drug-likeness (QED) is 0.816. The number of hydrogen-bond acceptors (Lipinski definition) is 3. The van der Waals surface area contributed by atoms with Gasteiger partial charge in [0.1, 0.15) is 5.75 Å². The molecular formula is C14H20O4. The number of carboxylic acid groups (broad SMARTS) is 1. The number of carboxylic acids is 1. The summed E-state index contributed by atoms with van der Waals surface area (Å²) in [6, 6.07) is 6.57. The average molecular weight is 252 g/mol. The summed E-state index contributed by atoms with van der Waals surface area (Å²) < 4.78 is 5.61. The van der Waals surface area contributed by atoms with E-state index in [0.29, 0.717) is 0 Å². The highest BCUT2D eigenvalue weighted by atomic mass is 16.5. The van der Waals surface area contributed by atoms with Crippen LogP contribution >= 0.6 is 0 Å². The summed E-state index contributed by atoms with van der Waals surface area (Å²) in [5, 5.41) is 18.5. The highest BCUT2D eigenvalue weighted by molar-refractivity contribution is 5.72. The number of rotatable bonds is 6. The van der Waals surface area contributed by atoms with Crippen LogP contribution in [0.5, 0.6) is 5.75 Å². The first-order chi connectivity index (χ1) is 8.34. The van der Waals surface area contributed by atoms with Crippen molar-refractivity contribution in [3.05, 3.63) is 29.8 Å². The van der Waals surface area contributed by atoms with Gasteiger partial charge in [-0.3, -0.25) is 0 Å². The molecule has 0 saturated carbocycles. The van der Waals surface area contributed by atoms with Crippen LogP contribution in [0, 0.1) is 0 Å². The summed E-state index contributed by atoms with van der Waals surface area (Å²) in [5.41, 5.74) is 0.272. The minimum atomic E-state index is -0.986. The standard InChI is InChI=1S/C14H20O4/c1-4-14(2,3)18-12(13(16)17)9-10-6-5-7-11(15)8-10/h5-8,12,15H,4,9H2,1-3H3,(H,16,17)/t12-/m1/s1. The second-order valence-electron chi connectivity index (χ2n) is 4.93. The highest BCUT2D eigenvalue weighted by Crippen LogP contribution is 2.20. The molecule has 4 nitrogen and oxygen atoms in total. The van der Waals surface area contributed by atoms with Crippen LogP contribution in [0.2, 0.25) is 0 Å². The molecule has 0 amide bonds. The van der Waals surface area contributed by atoms with Crippen molar-refractivity contribution >= 4 is 5.97 Å². The third-order valence-electron chi connectivity index (χ3n) is 2.92. The molecule has 0 bridgehead atoms. The molecule has 0 saturated heterocycles. The minimum Gasteiger partial charge on any atom is -0.508 e. The van der Waals surface area contributed by atoms with Crippen LogP contribution in [-0.4, -0.2) is 27.9 Å². The van der Waals surface area contributed by atoms with Crippen LogP contribution < -0.4 is 0 Å². The Hall–Kier alpha value is -1.55. The largest absolute Gasteiger partial charge is 0.508 e. The van der Waals surface area contributed by atoms with Crippen LogP contribution in [-0.2, 0) is 16.0 Å². The summed E-state index contributed by atoms with van der Waals surface area (Å²) >= 11 is 0. The third kappa shape index (κ3) is 4.37. The smallest absolute Gasteiger partial charge is 0.333 e. The molecule has 0 unspecified atom stereocenters. The van der Waals surface area contributed by atoms with Gasteiger partial charge in [0, 0.05) is 6.42 Å². The molecule has 0 aliphatic rings. The monoisotopic (exact) mass is 252 g/mol. The van der Waals surface area contributed by atoms with Crippen molar-refractivity contribution in [1.29, 1.82) is 0 Å². The van der Waals surface area contributed by atoms with Gasteiger partial charge in [-0.25, -0.2) is 4.79 Å². The van der Waals surface area contributed by atoms with Crippen molar-refractivity contribution in [3.63, 3.8) is 0 Å². The number of benzene rings is 1. The Bertz CT molecular complexity index is 412. The molecule has 1 aromatic carbocycles. The summed E-state index contributed by atoms with van der Waals surface area (Å²) in [5.74, 6) is -0.855. The maximum absolute atomic E-state index is 11.2. The molecule has 1 aromatic rings. The molecule has 1 rings (SSSR count). The number of hydrogen-bond donors (Lipinski definition) is 2. The van der Waals surface area contributed by atoms with Crippen molar-refractivity contribution in [2.45, 2.75) is 45.3 Å². The topological polar surface area (TPSA) is 66.8 Å². The molecule has 0 aliphatic heterocycles. The SMILES string of the molecule is CCC(C)(C)O[C@H](Cc1cccc(O)c1)C(=O)O. The first kappa shape index (κ1) is 14.5. The maximum Gasteiger partial charge on any atom is 0.333 e. The lowest BCUT2D eigenvalue weighted by Crippen LogP contribution is -2.36. The number of phenols is 1. The molecule has 0 heterocycles. The Kier molecular flexibility index (Phi) is 4.73. The number of carbonyl (C=O) groups is 1. The van der Waals surface area contributed by atoms with Gasteiger partial charge in [0.05, 0.1) is 5.60 Å².